The molecule has 11 heteroatoms. The van der Waals surface area contributed by atoms with Crippen LogP contribution in [-0.4, -0.2) is 35.2 Å². The summed E-state index contributed by atoms with van der Waals surface area (Å²) in [7, 11) is 1.62. The summed E-state index contributed by atoms with van der Waals surface area (Å²) in [4.78, 5) is 12.4. The van der Waals surface area contributed by atoms with Crippen LogP contribution in [0.1, 0.15) is 5.56 Å². The number of ether oxygens (including phenoxy) is 1. The number of benzene rings is 3. The molecule has 0 saturated carbocycles. The monoisotopic (exact) mass is 615 g/mol. The molecule has 4 aromatic rings. The number of para-hydroxylation sites is 1. The molecule has 4 rings (SSSR count). The summed E-state index contributed by atoms with van der Waals surface area (Å²) < 4.78 is 8.34. The molecule has 1 aromatic heterocycles. The van der Waals surface area contributed by atoms with Crippen LogP contribution in [0.15, 0.2) is 85.9 Å². The van der Waals surface area contributed by atoms with E-state index >= 15 is 0 Å². The maximum absolute atomic E-state index is 12.4. The molecular weight excluding hydrogens is 598 g/mol. The first-order valence-corrected chi connectivity index (χ1v) is 12.8. The van der Waals surface area contributed by atoms with Crippen LogP contribution in [-0.2, 0) is 4.79 Å². The zero-order valence-electron chi connectivity index (χ0n) is 18.4. The second-order valence-electron chi connectivity index (χ2n) is 7.14. The predicted octanol–water partition coefficient (Wildman–Crippen LogP) is 4.20. The number of rotatable bonds is 8. The fourth-order valence-corrected chi connectivity index (χ4v) is 5.18. The Labute approximate surface area is 222 Å². The Kier molecular flexibility index (Phi) is 8.21. The van der Waals surface area contributed by atoms with Crippen LogP contribution in [0.4, 0.5) is 0 Å². The molecule has 178 valence electrons. The van der Waals surface area contributed by atoms with Gasteiger partial charge in [-0.05, 0) is 65.9 Å². The third-order valence-electron chi connectivity index (χ3n) is 4.81. The lowest BCUT2D eigenvalue weighted by Crippen LogP contribution is -2.34. The molecule has 8 nitrogen and oxygen atoms in total. The van der Waals surface area contributed by atoms with Gasteiger partial charge in [-0.25, -0.2) is 5.43 Å². The highest BCUT2D eigenvalue weighted by Gasteiger charge is 2.24. The van der Waals surface area contributed by atoms with E-state index in [9.17, 15) is 9.90 Å². The lowest BCUT2D eigenvalue weighted by Gasteiger charge is -2.12. The number of carbonyl (C=O) groups excluding carboxylic acids is 1. The maximum atomic E-state index is 12.4. The molecule has 0 unspecified atom stereocenters. The van der Waals surface area contributed by atoms with Crippen LogP contribution < -0.4 is 19.8 Å². The lowest BCUT2D eigenvalue weighted by atomic mass is 10.2. The third-order valence-corrected chi connectivity index (χ3v) is 6.80. The molecule has 2 N–H and O–H groups in total. The normalized spacial score (nSPS) is 11.1. The number of halogens is 2. The van der Waals surface area contributed by atoms with E-state index in [1.807, 2.05) is 59.2 Å². The highest BCUT2D eigenvalue weighted by Crippen LogP contribution is 2.28. The average molecular weight is 617 g/mol. The number of carbonyl (C=O) groups is 1. The Morgan fingerprint density at radius 1 is 1.20 bits per heavy atom. The Hall–Kier alpha value is -3.15. The van der Waals surface area contributed by atoms with Gasteiger partial charge in [0, 0.05) is 8.95 Å². The Morgan fingerprint density at radius 3 is 2.66 bits per heavy atom. The molecule has 35 heavy (non-hydrogen) atoms. The fraction of sp³-hybridized carbons (Fsp3) is 0.0833. The molecule has 0 saturated heterocycles. The van der Waals surface area contributed by atoms with Crippen LogP contribution in [0.5, 0.6) is 11.5 Å². The summed E-state index contributed by atoms with van der Waals surface area (Å²) in [5, 5.41) is 24.2. The molecule has 0 bridgehead atoms. The predicted molar refractivity (Wildman–Crippen MR) is 140 cm³/mol. The maximum Gasteiger partial charge on any atom is 0.342 e. The molecule has 0 aliphatic heterocycles. The molecule has 0 radical (unpaired) electrons. The minimum Gasteiger partial charge on any atom is -0.871 e. The number of thioether (sulfide) groups is 1. The second-order valence-corrected chi connectivity index (χ2v) is 9.85. The molecular formula is C24H19Br2N5O3S. The highest BCUT2D eigenvalue weighted by molar-refractivity contribution is 9.11. The number of H-pyrrole nitrogens is 1. The van der Waals surface area contributed by atoms with Gasteiger partial charge in [0.25, 0.3) is 11.7 Å². The summed E-state index contributed by atoms with van der Waals surface area (Å²) in [5.74, 6) is 1.05. The van der Waals surface area contributed by atoms with E-state index in [-0.39, 0.29) is 17.4 Å². The van der Waals surface area contributed by atoms with E-state index in [1.165, 1.54) is 18.0 Å². The number of methoxy groups -OCH3 is 1. The van der Waals surface area contributed by atoms with Gasteiger partial charge in [-0.1, -0.05) is 55.8 Å². The topological polar surface area (TPSA) is 106 Å². The minimum atomic E-state index is -0.332. The van der Waals surface area contributed by atoms with E-state index in [0.717, 1.165) is 27.3 Å². The van der Waals surface area contributed by atoms with E-state index < -0.39 is 0 Å². The van der Waals surface area contributed by atoms with Crippen LogP contribution in [0.25, 0.3) is 17.1 Å². The first-order valence-electron chi connectivity index (χ1n) is 10.3. The quantitative estimate of drug-likeness (QED) is 0.134. The molecule has 0 atom stereocenters. The van der Waals surface area contributed by atoms with Crippen molar-refractivity contribution in [2.45, 2.75) is 5.16 Å². The summed E-state index contributed by atoms with van der Waals surface area (Å²) in [6.45, 7) is 0. The van der Waals surface area contributed by atoms with Gasteiger partial charge in [0.05, 0.1) is 29.7 Å². The number of aromatic nitrogens is 3. The van der Waals surface area contributed by atoms with Gasteiger partial charge in [0.15, 0.2) is 0 Å². The number of aromatic amines is 1. The molecule has 0 fully saturated rings. The SMILES string of the molecule is COc1ccc(-c2[nH]nc(SCC(=O)NN=Cc3cc(Br)cc(Br)c3[O-])[n+]2-c2ccccc2)cc1. The van der Waals surface area contributed by atoms with Crippen LogP contribution in [0, 0.1) is 0 Å². The minimum absolute atomic E-state index is 0.0729. The number of amides is 1. The summed E-state index contributed by atoms with van der Waals surface area (Å²) in [6.07, 6.45) is 1.32. The van der Waals surface area contributed by atoms with Gasteiger partial charge in [0.2, 0.25) is 0 Å². The van der Waals surface area contributed by atoms with Crippen molar-refractivity contribution in [3.63, 3.8) is 0 Å². The highest BCUT2D eigenvalue weighted by atomic mass is 79.9. The van der Waals surface area contributed by atoms with E-state index in [0.29, 0.717) is 15.2 Å². The molecule has 0 aliphatic carbocycles. The van der Waals surface area contributed by atoms with Gasteiger partial charge in [-0.3, -0.25) is 4.79 Å². The zero-order valence-corrected chi connectivity index (χ0v) is 22.4. The Balaban J connectivity index is 1.50. The van der Waals surface area contributed by atoms with E-state index in [2.05, 4.69) is 52.6 Å². The van der Waals surface area contributed by atoms with Crippen molar-refractivity contribution in [1.29, 1.82) is 0 Å². The molecule has 1 amide bonds. The zero-order chi connectivity index (χ0) is 24.8. The van der Waals surface area contributed by atoms with Crippen LogP contribution in [0.3, 0.4) is 0 Å². The average Bonchev–Trinajstić information content (AvgIpc) is 3.30. The number of nitrogens with zero attached hydrogens (tertiary/aromatic N) is 3. The number of hydrazone groups is 1. The number of hydrogen-bond donors (Lipinski definition) is 2. The van der Waals surface area contributed by atoms with Crippen molar-refractivity contribution < 1.29 is 19.2 Å². The first-order chi connectivity index (χ1) is 17.0. The summed E-state index contributed by atoms with van der Waals surface area (Å²) >= 11 is 7.80. The van der Waals surface area contributed by atoms with Gasteiger partial charge in [-0.15, -0.1) is 5.10 Å². The van der Waals surface area contributed by atoms with Gasteiger partial charge in [-0.2, -0.15) is 9.67 Å². The largest absolute Gasteiger partial charge is 0.871 e. The first kappa shape index (κ1) is 25.0. The summed E-state index contributed by atoms with van der Waals surface area (Å²) in [5.41, 5.74) is 4.61. The van der Waals surface area contributed by atoms with Crippen LogP contribution in [0.2, 0.25) is 0 Å². The van der Waals surface area contributed by atoms with Crippen molar-refractivity contribution in [3.05, 3.63) is 81.2 Å². The van der Waals surface area contributed by atoms with Crippen molar-refractivity contribution in [1.82, 2.24) is 15.6 Å². The van der Waals surface area contributed by atoms with Crippen molar-refractivity contribution in [2.24, 2.45) is 5.10 Å². The third kappa shape index (κ3) is 6.11. The Morgan fingerprint density at radius 2 is 1.94 bits per heavy atom. The molecule has 3 aromatic carbocycles. The molecule has 1 heterocycles. The van der Waals surface area contributed by atoms with Crippen molar-refractivity contribution in [2.75, 3.05) is 12.9 Å². The van der Waals surface area contributed by atoms with E-state index in [1.54, 1.807) is 19.2 Å². The lowest BCUT2D eigenvalue weighted by molar-refractivity contribution is -0.625. The summed E-state index contributed by atoms with van der Waals surface area (Å²) in [6, 6.07) is 20.7. The van der Waals surface area contributed by atoms with Crippen molar-refractivity contribution in [3.8, 4) is 28.6 Å². The van der Waals surface area contributed by atoms with Gasteiger partial charge >= 0.3 is 5.16 Å². The van der Waals surface area contributed by atoms with Gasteiger partial charge in [0.1, 0.15) is 11.4 Å². The number of nitrogens with one attached hydrogen (secondary N) is 2. The fourth-order valence-electron chi connectivity index (χ4n) is 3.16. The number of hydrogen-bond acceptors (Lipinski definition) is 6. The molecule has 0 spiro atoms. The standard InChI is InChI=1S/C24H19Br2N5O3S/c1-34-19-9-7-15(8-10-19)23-29-30-24(31(23)18-5-3-2-4-6-18)35-14-21(32)28-27-13-16-11-17(25)12-20(26)22(16)33/h2-13H,14H2,1H3,(H2,27,28,32,33). The van der Waals surface area contributed by atoms with Crippen LogP contribution >= 0.6 is 43.6 Å². The second kappa shape index (κ2) is 11.5. The Bertz CT molecular complexity index is 1360. The molecule has 0 aliphatic rings. The van der Waals surface area contributed by atoms with E-state index in [4.69, 9.17) is 4.74 Å². The van der Waals surface area contributed by atoms with Crippen molar-refractivity contribution >= 4 is 55.7 Å². The van der Waals surface area contributed by atoms with Gasteiger partial charge < -0.3 is 9.84 Å². The smallest absolute Gasteiger partial charge is 0.342 e.